The Morgan fingerprint density at radius 1 is 1.05 bits per heavy atom. The number of benzene rings is 1. The zero-order valence-corrected chi connectivity index (χ0v) is 12.1. The van der Waals surface area contributed by atoms with Crippen LogP contribution in [0.5, 0.6) is 11.5 Å². The fraction of sp³-hybridized carbons (Fsp3) is 0.333. The van der Waals surface area contributed by atoms with E-state index in [-0.39, 0.29) is 11.5 Å². The van der Waals surface area contributed by atoms with Crippen LogP contribution in [0.25, 0.3) is 11.3 Å². The molecule has 5 heteroatoms. The lowest BCUT2D eigenvalue weighted by atomic mass is 10.1. The Hall–Kier alpha value is -2.30. The molecule has 1 heterocycles. The van der Waals surface area contributed by atoms with E-state index in [9.17, 15) is 4.79 Å². The van der Waals surface area contributed by atoms with Crippen molar-refractivity contribution >= 4 is 0 Å². The van der Waals surface area contributed by atoms with E-state index in [1.54, 1.807) is 20.3 Å². The molecule has 2 aromatic rings. The molecule has 0 aliphatic carbocycles. The maximum Gasteiger partial charge on any atom is 0.251 e. The summed E-state index contributed by atoms with van der Waals surface area (Å²) in [7, 11) is 3.17. The van der Waals surface area contributed by atoms with Crippen LogP contribution in [-0.2, 0) is 0 Å². The van der Waals surface area contributed by atoms with Crippen molar-refractivity contribution in [1.29, 1.82) is 0 Å². The highest BCUT2D eigenvalue weighted by Gasteiger charge is 2.09. The van der Waals surface area contributed by atoms with Gasteiger partial charge in [-0.1, -0.05) is 13.8 Å². The van der Waals surface area contributed by atoms with Crippen LogP contribution >= 0.6 is 0 Å². The first-order valence-corrected chi connectivity index (χ1v) is 6.38. The topological polar surface area (TPSA) is 64.2 Å². The molecule has 20 heavy (non-hydrogen) atoms. The van der Waals surface area contributed by atoms with Crippen molar-refractivity contribution in [3.8, 4) is 22.8 Å². The van der Waals surface area contributed by atoms with Crippen LogP contribution < -0.4 is 15.0 Å². The van der Waals surface area contributed by atoms with Crippen molar-refractivity contribution < 1.29 is 9.47 Å². The van der Waals surface area contributed by atoms with E-state index in [4.69, 9.17) is 9.47 Å². The minimum absolute atomic E-state index is 0.148. The summed E-state index contributed by atoms with van der Waals surface area (Å²) in [5.74, 6) is 2.13. The standard InChI is InChI=1S/C15H18N2O3/c1-9(2)15-16-13(8-14(18)17-15)10-5-11(19-3)7-12(6-10)20-4/h5-9H,1-4H3,(H,16,17,18). The SMILES string of the molecule is COc1cc(OC)cc(-c2cc(=O)[nH]c(C(C)C)n2)c1. The van der Waals surface area contributed by atoms with Crippen LogP contribution in [0.1, 0.15) is 25.6 Å². The van der Waals surface area contributed by atoms with Gasteiger partial charge in [0, 0.05) is 23.6 Å². The monoisotopic (exact) mass is 274 g/mol. The van der Waals surface area contributed by atoms with Crippen LogP contribution in [0.4, 0.5) is 0 Å². The summed E-state index contributed by atoms with van der Waals surface area (Å²) < 4.78 is 10.5. The molecule has 0 bridgehead atoms. The van der Waals surface area contributed by atoms with Gasteiger partial charge in [-0.15, -0.1) is 0 Å². The fourth-order valence-corrected chi connectivity index (χ4v) is 1.85. The summed E-state index contributed by atoms with van der Waals surface area (Å²) in [5, 5.41) is 0. The second-order valence-electron chi connectivity index (χ2n) is 4.77. The summed E-state index contributed by atoms with van der Waals surface area (Å²) in [6, 6.07) is 6.91. The first-order chi connectivity index (χ1) is 9.53. The van der Waals surface area contributed by atoms with Crippen molar-refractivity contribution in [1.82, 2.24) is 9.97 Å². The third-order valence-corrected chi connectivity index (χ3v) is 2.95. The van der Waals surface area contributed by atoms with Gasteiger partial charge in [-0.2, -0.15) is 0 Å². The molecule has 1 N–H and O–H groups in total. The lowest BCUT2D eigenvalue weighted by molar-refractivity contribution is 0.394. The van der Waals surface area contributed by atoms with Crippen LogP contribution in [0.2, 0.25) is 0 Å². The van der Waals surface area contributed by atoms with E-state index in [1.807, 2.05) is 26.0 Å². The minimum Gasteiger partial charge on any atom is -0.497 e. The molecule has 0 unspecified atom stereocenters. The fourth-order valence-electron chi connectivity index (χ4n) is 1.85. The number of nitrogens with one attached hydrogen (secondary N) is 1. The van der Waals surface area contributed by atoms with Gasteiger partial charge in [-0.05, 0) is 12.1 Å². The lowest BCUT2D eigenvalue weighted by Gasteiger charge is -2.10. The Bertz CT molecular complexity index is 640. The molecule has 0 saturated heterocycles. The largest absolute Gasteiger partial charge is 0.497 e. The van der Waals surface area contributed by atoms with Gasteiger partial charge in [0.15, 0.2) is 0 Å². The molecule has 5 nitrogen and oxygen atoms in total. The van der Waals surface area contributed by atoms with Gasteiger partial charge in [-0.25, -0.2) is 4.98 Å². The average Bonchev–Trinajstić information content (AvgIpc) is 2.45. The molecule has 1 aromatic carbocycles. The molecule has 1 aromatic heterocycles. The zero-order valence-electron chi connectivity index (χ0n) is 12.1. The number of hydrogen-bond acceptors (Lipinski definition) is 4. The number of ether oxygens (including phenoxy) is 2. The molecule has 0 saturated carbocycles. The second kappa shape index (κ2) is 5.77. The molecule has 0 amide bonds. The third kappa shape index (κ3) is 2.99. The van der Waals surface area contributed by atoms with Gasteiger partial charge in [0.25, 0.3) is 5.56 Å². The predicted molar refractivity (Wildman–Crippen MR) is 77.5 cm³/mol. The summed E-state index contributed by atoms with van der Waals surface area (Å²) in [4.78, 5) is 19.0. The highest BCUT2D eigenvalue weighted by atomic mass is 16.5. The molecule has 106 valence electrons. The molecular formula is C15H18N2O3. The number of aromatic amines is 1. The first-order valence-electron chi connectivity index (χ1n) is 6.38. The van der Waals surface area contributed by atoms with Crippen LogP contribution in [0.15, 0.2) is 29.1 Å². The normalized spacial score (nSPS) is 10.7. The molecule has 0 fully saturated rings. The van der Waals surface area contributed by atoms with Crippen LogP contribution in [0.3, 0.4) is 0 Å². The predicted octanol–water partition coefficient (Wildman–Crippen LogP) is 2.58. The Balaban J connectivity index is 2.58. The van der Waals surface area contributed by atoms with Crippen LogP contribution in [-0.4, -0.2) is 24.2 Å². The van der Waals surface area contributed by atoms with Crippen LogP contribution in [0, 0.1) is 0 Å². The van der Waals surface area contributed by atoms with Crippen molar-refractivity contribution in [2.45, 2.75) is 19.8 Å². The molecule has 0 aliphatic rings. The maximum atomic E-state index is 11.7. The number of aromatic nitrogens is 2. The lowest BCUT2D eigenvalue weighted by Crippen LogP contribution is -2.12. The van der Waals surface area contributed by atoms with Gasteiger partial charge < -0.3 is 14.5 Å². The summed E-state index contributed by atoms with van der Waals surface area (Å²) in [5.41, 5.74) is 1.23. The van der Waals surface area contributed by atoms with Crippen molar-refractivity contribution in [3.05, 3.63) is 40.4 Å². The molecular weight excluding hydrogens is 256 g/mol. The Kier molecular flexibility index (Phi) is 4.08. The highest BCUT2D eigenvalue weighted by Crippen LogP contribution is 2.28. The van der Waals surface area contributed by atoms with E-state index in [0.717, 1.165) is 5.56 Å². The van der Waals surface area contributed by atoms with Crippen molar-refractivity contribution in [2.75, 3.05) is 14.2 Å². The molecule has 2 rings (SSSR count). The Morgan fingerprint density at radius 3 is 2.15 bits per heavy atom. The highest BCUT2D eigenvalue weighted by molar-refractivity contribution is 5.63. The van der Waals surface area contributed by atoms with Crippen molar-refractivity contribution in [3.63, 3.8) is 0 Å². The summed E-state index contributed by atoms with van der Waals surface area (Å²) >= 11 is 0. The maximum absolute atomic E-state index is 11.7. The number of nitrogens with zero attached hydrogens (tertiary/aromatic N) is 1. The molecule has 0 spiro atoms. The Morgan fingerprint density at radius 2 is 1.65 bits per heavy atom. The minimum atomic E-state index is -0.166. The number of H-pyrrole nitrogens is 1. The summed E-state index contributed by atoms with van der Waals surface area (Å²) in [6.07, 6.45) is 0. The number of hydrogen-bond donors (Lipinski definition) is 1. The zero-order chi connectivity index (χ0) is 14.7. The molecule has 0 radical (unpaired) electrons. The van der Waals surface area contributed by atoms with Gasteiger partial charge in [0.2, 0.25) is 0 Å². The number of rotatable bonds is 4. The van der Waals surface area contributed by atoms with E-state index < -0.39 is 0 Å². The molecule has 0 atom stereocenters. The van der Waals surface area contributed by atoms with Gasteiger partial charge in [-0.3, -0.25) is 4.79 Å². The van der Waals surface area contributed by atoms with E-state index in [0.29, 0.717) is 23.0 Å². The molecule has 0 aliphatic heterocycles. The van der Waals surface area contributed by atoms with Crippen molar-refractivity contribution in [2.24, 2.45) is 0 Å². The smallest absolute Gasteiger partial charge is 0.251 e. The number of methoxy groups -OCH3 is 2. The van der Waals surface area contributed by atoms with Gasteiger partial charge >= 0.3 is 0 Å². The van der Waals surface area contributed by atoms with Gasteiger partial charge in [0.05, 0.1) is 19.9 Å². The third-order valence-electron chi connectivity index (χ3n) is 2.95. The average molecular weight is 274 g/mol. The van der Waals surface area contributed by atoms with E-state index in [1.165, 1.54) is 6.07 Å². The van der Waals surface area contributed by atoms with E-state index in [2.05, 4.69) is 9.97 Å². The van der Waals surface area contributed by atoms with E-state index >= 15 is 0 Å². The second-order valence-corrected chi connectivity index (χ2v) is 4.77. The van der Waals surface area contributed by atoms with Gasteiger partial charge in [0.1, 0.15) is 17.3 Å². The summed E-state index contributed by atoms with van der Waals surface area (Å²) in [6.45, 7) is 3.96. The Labute approximate surface area is 117 Å². The quantitative estimate of drug-likeness (QED) is 0.930. The first kappa shape index (κ1) is 14.1.